The summed E-state index contributed by atoms with van der Waals surface area (Å²) in [6.07, 6.45) is 7.58. The molecule has 1 unspecified atom stereocenters. The van der Waals surface area contributed by atoms with E-state index in [-0.39, 0.29) is 23.3 Å². The number of hydrogen-bond acceptors (Lipinski definition) is 2. The van der Waals surface area contributed by atoms with Crippen LogP contribution in [0.3, 0.4) is 0 Å². The largest absolute Gasteiger partial charge is 0.355 e. The lowest BCUT2D eigenvalue weighted by Gasteiger charge is -2.55. The van der Waals surface area contributed by atoms with Crippen LogP contribution in [0.5, 0.6) is 0 Å². The minimum absolute atomic E-state index is 0.00725. The molecule has 0 aromatic heterocycles. The first-order valence-corrected chi connectivity index (χ1v) is 10.2. The first kappa shape index (κ1) is 17.6. The minimum Gasteiger partial charge on any atom is -0.355 e. The van der Waals surface area contributed by atoms with Crippen molar-refractivity contribution in [2.24, 2.45) is 23.2 Å². The van der Waals surface area contributed by atoms with E-state index in [4.69, 9.17) is 0 Å². The van der Waals surface area contributed by atoms with Gasteiger partial charge >= 0.3 is 0 Å². The molecule has 0 radical (unpaired) electrons. The topological polar surface area (TPSA) is 58.2 Å². The third kappa shape index (κ3) is 3.51. The van der Waals surface area contributed by atoms with E-state index in [2.05, 4.69) is 10.6 Å². The van der Waals surface area contributed by atoms with Gasteiger partial charge in [0.15, 0.2) is 0 Å². The van der Waals surface area contributed by atoms with E-state index in [1.807, 2.05) is 37.3 Å². The summed E-state index contributed by atoms with van der Waals surface area (Å²) in [6, 6.07) is 9.94. The molecule has 4 aliphatic rings. The van der Waals surface area contributed by atoms with Crippen molar-refractivity contribution in [3.63, 3.8) is 0 Å². The van der Waals surface area contributed by atoms with Crippen LogP contribution in [0.1, 0.15) is 63.5 Å². The molecule has 1 atom stereocenters. The van der Waals surface area contributed by atoms with Gasteiger partial charge in [-0.2, -0.15) is 0 Å². The highest BCUT2D eigenvalue weighted by atomic mass is 16.2. The Labute approximate surface area is 156 Å². The average molecular weight is 354 g/mol. The molecule has 0 heterocycles. The normalized spacial score (nSPS) is 32.9. The Kier molecular flexibility index (Phi) is 4.76. The number of rotatable bonds is 6. The van der Waals surface area contributed by atoms with Crippen molar-refractivity contribution in [2.75, 3.05) is 6.54 Å². The number of carbonyl (C=O) groups is 2. The van der Waals surface area contributed by atoms with Gasteiger partial charge in [0.1, 0.15) is 0 Å². The van der Waals surface area contributed by atoms with E-state index in [1.165, 1.54) is 19.3 Å². The van der Waals surface area contributed by atoms with Crippen molar-refractivity contribution >= 4 is 11.8 Å². The average Bonchev–Trinajstić information content (AvgIpc) is 2.61. The minimum atomic E-state index is -0.122. The molecule has 1 aromatic carbocycles. The van der Waals surface area contributed by atoms with Crippen molar-refractivity contribution in [2.45, 2.75) is 57.9 Å². The molecule has 1 aromatic rings. The van der Waals surface area contributed by atoms with E-state index in [0.717, 1.165) is 42.6 Å². The van der Waals surface area contributed by atoms with Gasteiger partial charge in [-0.25, -0.2) is 0 Å². The highest BCUT2D eigenvalue weighted by Crippen LogP contribution is 2.60. The third-order valence-electron chi connectivity index (χ3n) is 6.83. The smallest absolute Gasteiger partial charge is 0.226 e. The number of nitrogens with one attached hydrogen (secondary N) is 2. The summed E-state index contributed by atoms with van der Waals surface area (Å²) < 4.78 is 0. The molecule has 0 saturated heterocycles. The first-order valence-electron chi connectivity index (χ1n) is 10.2. The van der Waals surface area contributed by atoms with E-state index in [0.29, 0.717) is 13.0 Å². The van der Waals surface area contributed by atoms with Crippen LogP contribution in [-0.4, -0.2) is 18.4 Å². The molecular weight excluding hydrogens is 324 g/mol. The van der Waals surface area contributed by atoms with Crippen LogP contribution in [0.15, 0.2) is 30.3 Å². The van der Waals surface area contributed by atoms with E-state index in [9.17, 15) is 9.59 Å². The van der Waals surface area contributed by atoms with Crippen molar-refractivity contribution in [1.29, 1.82) is 0 Å². The number of hydrogen-bond donors (Lipinski definition) is 2. The zero-order valence-corrected chi connectivity index (χ0v) is 15.7. The molecule has 2 amide bonds. The molecule has 4 nitrogen and oxygen atoms in total. The summed E-state index contributed by atoms with van der Waals surface area (Å²) in [4.78, 5) is 25.1. The monoisotopic (exact) mass is 354 g/mol. The molecule has 0 aliphatic heterocycles. The number of benzene rings is 1. The molecule has 4 saturated carbocycles. The Morgan fingerprint density at radius 1 is 1.04 bits per heavy atom. The fourth-order valence-electron chi connectivity index (χ4n) is 6.00. The second-order valence-electron chi connectivity index (χ2n) is 8.90. The Bertz CT molecular complexity index is 635. The highest BCUT2D eigenvalue weighted by molar-refractivity contribution is 5.84. The maximum atomic E-state index is 12.9. The van der Waals surface area contributed by atoms with Gasteiger partial charge in [-0.05, 0) is 68.8 Å². The molecule has 5 rings (SSSR count). The number of carbonyl (C=O) groups excluding carboxylic acids is 2. The lowest BCUT2D eigenvalue weighted by Crippen LogP contribution is -2.53. The molecule has 140 valence electrons. The predicted octanol–water partition coefficient (Wildman–Crippen LogP) is 3.59. The van der Waals surface area contributed by atoms with E-state index < -0.39 is 0 Å². The summed E-state index contributed by atoms with van der Waals surface area (Å²) in [5.74, 6) is 2.50. The highest BCUT2D eigenvalue weighted by Gasteiger charge is 2.54. The number of amides is 2. The zero-order chi connectivity index (χ0) is 18.1. The van der Waals surface area contributed by atoms with Crippen LogP contribution >= 0.6 is 0 Å². The zero-order valence-electron chi connectivity index (χ0n) is 15.7. The maximum Gasteiger partial charge on any atom is 0.226 e. The summed E-state index contributed by atoms with van der Waals surface area (Å²) in [5.41, 5.74) is 0.973. The van der Waals surface area contributed by atoms with Crippen LogP contribution in [-0.2, 0) is 9.59 Å². The van der Waals surface area contributed by atoms with Crippen LogP contribution in [0, 0.1) is 23.2 Å². The summed E-state index contributed by atoms with van der Waals surface area (Å²) >= 11 is 0. The second kappa shape index (κ2) is 7.05. The van der Waals surface area contributed by atoms with Crippen molar-refractivity contribution < 1.29 is 9.59 Å². The van der Waals surface area contributed by atoms with Crippen LogP contribution < -0.4 is 10.6 Å². The molecule has 2 N–H and O–H groups in total. The third-order valence-corrected chi connectivity index (χ3v) is 6.83. The maximum absolute atomic E-state index is 12.9. The van der Waals surface area contributed by atoms with Gasteiger partial charge < -0.3 is 10.6 Å². The molecule has 4 aliphatic carbocycles. The summed E-state index contributed by atoms with van der Waals surface area (Å²) in [5, 5.41) is 6.10. The van der Waals surface area contributed by atoms with Crippen LogP contribution in [0.4, 0.5) is 0 Å². The molecule has 4 fully saturated rings. The summed E-state index contributed by atoms with van der Waals surface area (Å²) in [7, 11) is 0. The van der Waals surface area contributed by atoms with Gasteiger partial charge in [-0.3, -0.25) is 9.59 Å². The van der Waals surface area contributed by atoms with E-state index in [1.54, 1.807) is 0 Å². The SMILES string of the molecule is CC(NC(=O)CCNC(=O)C12CC3CC(CC(C3)C1)C2)c1ccccc1. The lowest BCUT2D eigenvalue weighted by molar-refractivity contribution is -0.146. The first-order chi connectivity index (χ1) is 12.5. The van der Waals surface area contributed by atoms with Gasteiger partial charge in [0.2, 0.25) is 11.8 Å². The molecule has 0 spiro atoms. The van der Waals surface area contributed by atoms with E-state index >= 15 is 0 Å². The molecular formula is C22H30N2O2. The van der Waals surface area contributed by atoms with Gasteiger partial charge in [-0.15, -0.1) is 0 Å². The van der Waals surface area contributed by atoms with Gasteiger partial charge in [0, 0.05) is 18.4 Å². The van der Waals surface area contributed by atoms with Crippen molar-refractivity contribution in [3.8, 4) is 0 Å². The molecule has 4 heteroatoms. The Morgan fingerprint density at radius 3 is 2.19 bits per heavy atom. The predicted molar refractivity (Wildman–Crippen MR) is 101 cm³/mol. The Hall–Kier alpha value is -1.84. The fourth-order valence-corrected chi connectivity index (χ4v) is 6.00. The lowest BCUT2D eigenvalue weighted by atomic mass is 9.49. The van der Waals surface area contributed by atoms with Crippen molar-refractivity contribution in [3.05, 3.63) is 35.9 Å². The molecule has 26 heavy (non-hydrogen) atoms. The molecule has 4 bridgehead atoms. The van der Waals surface area contributed by atoms with Crippen molar-refractivity contribution in [1.82, 2.24) is 10.6 Å². The fraction of sp³-hybridized carbons (Fsp3) is 0.636. The van der Waals surface area contributed by atoms with Gasteiger partial charge in [0.05, 0.1) is 6.04 Å². The van der Waals surface area contributed by atoms with Crippen LogP contribution in [0.25, 0.3) is 0 Å². The summed E-state index contributed by atoms with van der Waals surface area (Å²) in [6.45, 7) is 2.43. The van der Waals surface area contributed by atoms with Gasteiger partial charge in [0.25, 0.3) is 0 Å². The quantitative estimate of drug-likeness (QED) is 0.820. The van der Waals surface area contributed by atoms with Crippen LogP contribution in [0.2, 0.25) is 0 Å². The van der Waals surface area contributed by atoms with Gasteiger partial charge in [-0.1, -0.05) is 30.3 Å². The Morgan fingerprint density at radius 2 is 1.62 bits per heavy atom. The standard InChI is InChI=1S/C22H30N2O2/c1-15(19-5-3-2-4-6-19)24-20(25)7-8-23-21(26)22-12-16-9-17(13-22)11-18(10-16)14-22/h2-6,15-18H,7-14H2,1H3,(H,23,26)(H,24,25). The Balaban J connectivity index is 1.24. The second-order valence-corrected chi connectivity index (χ2v) is 8.90.